The summed E-state index contributed by atoms with van der Waals surface area (Å²) in [6.07, 6.45) is 5.23. The lowest BCUT2D eigenvalue weighted by Crippen LogP contribution is -2.39. The van der Waals surface area contributed by atoms with E-state index in [-0.39, 0.29) is 12.1 Å². The Morgan fingerprint density at radius 3 is 3.14 bits per heavy atom. The fraction of sp³-hybridized carbons (Fsp3) is 0.412. The average molecular weight is 299 g/mol. The van der Waals surface area contributed by atoms with E-state index in [2.05, 4.69) is 10.3 Å². The zero-order valence-electron chi connectivity index (χ0n) is 12.8. The first-order valence-corrected chi connectivity index (χ1v) is 7.71. The van der Waals surface area contributed by atoms with Crippen LogP contribution in [0.5, 0.6) is 0 Å². The standard InChI is InChI=1S/C17H21N3O2/c1-20(12-15-6-2-3-10-22-15)17(21)19-14-8-7-13-5-4-9-18-16(13)11-14/h4-5,7-9,11,15H,2-3,6,10,12H2,1H3,(H,19,21)/t15-/m0/s1. The molecule has 1 N–H and O–H groups in total. The van der Waals surface area contributed by atoms with Crippen LogP contribution in [0.25, 0.3) is 10.9 Å². The van der Waals surface area contributed by atoms with Crippen molar-refractivity contribution in [3.8, 4) is 0 Å². The SMILES string of the molecule is CN(C[C@@H]1CCCCO1)C(=O)Nc1ccc2cccnc2c1. The first-order valence-electron chi connectivity index (χ1n) is 7.71. The number of rotatable bonds is 3. The largest absolute Gasteiger partial charge is 0.376 e. The maximum absolute atomic E-state index is 12.3. The number of hydrogen-bond donors (Lipinski definition) is 1. The number of aromatic nitrogens is 1. The molecule has 116 valence electrons. The van der Waals surface area contributed by atoms with Crippen molar-refractivity contribution in [2.24, 2.45) is 0 Å². The van der Waals surface area contributed by atoms with Gasteiger partial charge >= 0.3 is 6.03 Å². The van der Waals surface area contributed by atoms with Crippen LogP contribution in [0.15, 0.2) is 36.5 Å². The van der Waals surface area contributed by atoms with E-state index in [9.17, 15) is 4.79 Å². The van der Waals surface area contributed by atoms with Gasteiger partial charge in [-0.05, 0) is 37.5 Å². The summed E-state index contributed by atoms with van der Waals surface area (Å²) >= 11 is 0. The molecule has 5 heteroatoms. The number of nitrogens with zero attached hydrogens (tertiary/aromatic N) is 2. The number of likely N-dealkylation sites (N-methyl/N-ethyl adjacent to an activating group) is 1. The molecular weight excluding hydrogens is 278 g/mol. The van der Waals surface area contributed by atoms with Gasteiger partial charge in [-0.2, -0.15) is 0 Å². The van der Waals surface area contributed by atoms with E-state index in [4.69, 9.17) is 4.74 Å². The lowest BCUT2D eigenvalue weighted by molar-refractivity contribution is 0.00463. The van der Waals surface area contributed by atoms with Crippen molar-refractivity contribution >= 4 is 22.6 Å². The molecule has 1 fully saturated rings. The molecule has 22 heavy (non-hydrogen) atoms. The summed E-state index contributed by atoms with van der Waals surface area (Å²) in [7, 11) is 1.80. The lowest BCUT2D eigenvalue weighted by Gasteiger charge is -2.27. The van der Waals surface area contributed by atoms with Crippen molar-refractivity contribution < 1.29 is 9.53 Å². The molecule has 5 nitrogen and oxygen atoms in total. The Morgan fingerprint density at radius 1 is 1.41 bits per heavy atom. The molecule has 0 unspecified atom stereocenters. The highest BCUT2D eigenvalue weighted by Gasteiger charge is 2.18. The van der Waals surface area contributed by atoms with Crippen LogP contribution in [-0.4, -0.2) is 42.2 Å². The maximum Gasteiger partial charge on any atom is 0.321 e. The van der Waals surface area contributed by atoms with Crippen molar-refractivity contribution in [2.45, 2.75) is 25.4 Å². The van der Waals surface area contributed by atoms with Crippen molar-refractivity contribution in [1.29, 1.82) is 0 Å². The molecule has 0 radical (unpaired) electrons. The molecule has 0 saturated carbocycles. The molecular formula is C17H21N3O2. The Labute approximate surface area is 130 Å². The second-order valence-electron chi connectivity index (χ2n) is 5.71. The molecule has 3 rings (SSSR count). The molecule has 0 aliphatic carbocycles. The minimum atomic E-state index is -0.121. The molecule has 1 saturated heterocycles. The zero-order chi connectivity index (χ0) is 15.4. The van der Waals surface area contributed by atoms with Gasteiger partial charge < -0.3 is 15.0 Å². The highest BCUT2D eigenvalue weighted by atomic mass is 16.5. The van der Waals surface area contributed by atoms with Gasteiger partial charge in [-0.1, -0.05) is 12.1 Å². The van der Waals surface area contributed by atoms with E-state index in [0.29, 0.717) is 6.54 Å². The Kier molecular flexibility index (Phi) is 4.53. The number of fused-ring (bicyclic) bond motifs is 1. The Morgan fingerprint density at radius 2 is 2.32 bits per heavy atom. The molecule has 1 aliphatic rings. The number of pyridine rings is 1. The molecule has 1 aliphatic heterocycles. The summed E-state index contributed by atoms with van der Waals surface area (Å²) in [6.45, 7) is 1.42. The highest BCUT2D eigenvalue weighted by molar-refractivity contribution is 5.92. The number of amides is 2. The van der Waals surface area contributed by atoms with Gasteiger partial charge in [0.05, 0.1) is 11.6 Å². The van der Waals surface area contributed by atoms with Crippen molar-refractivity contribution in [3.05, 3.63) is 36.5 Å². The second-order valence-corrected chi connectivity index (χ2v) is 5.71. The number of benzene rings is 1. The number of carbonyl (C=O) groups excluding carboxylic acids is 1. The minimum absolute atomic E-state index is 0.121. The van der Waals surface area contributed by atoms with Gasteiger partial charge in [0.1, 0.15) is 0 Å². The summed E-state index contributed by atoms with van der Waals surface area (Å²) in [5, 5.41) is 3.97. The number of nitrogens with one attached hydrogen (secondary N) is 1. The van der Waals surface area contributed by atoms with Crippen LogP contribution in [0, 0.1) is 0 Å². The third kappa shape index (κ3) is 3.54. The van der Waals surface area contributed by atoms with E-state index in [1.54, 1.807) is 18.1 Å². The summed E-state index contributed by atoms with van der Waals surface area (Å²) in [5.74, 6) is 0. The van der Waals surface area contributed by atoms with Gasteiger partial charge in [-0.3, -0.25) is 4.98 Å². The summed E-state index contributed by atoms with van der Waals surface area (Å²) < 4.78 is 5.67. The van der Waals surface area contributed by atoms with Crippen molar-refractivity contribution in [2.75, 3.05) is 25.5 Å². The van der Waals surface area contributed by atoms with Gasteiger partial charge in [0, 0.05) is 37.5 Å². The number of carbonyl (C=O) groups is 1. The average Bonchev–Trinajstić information content (AvgIpc) is 2.55. The van der Waals surface area contributed by atoms with Crippen LogP contribution in [0.2, 0.25) is 0 Å². The van der Waals surface area contributed by atoms with Crippen LogP contribution in [0.4, 0.5) is 10.5 Å². The van der Waals surface area contributed by atoms with E-state index in [1.807, 2.05) is 30.3 Å². The first-order chi connectivity index (χ1) is 10.7. The minimum Gasteiger partial charge on any atom is -0.376 e. The predicted octanol–water partition coefficient (Wildman–Crippen LogP) is 3.27. The molecule has 2 aromatic rings. The Balaban J connectivity index is 1.61. The monoisotopic (exact) mass is 299 g/mol. The second kappa shape index (κ2) is 6.75. The zero-order valence-corrected chi connectivity index (χ0v) is 12.8. The fourth-order valence-electron chi connectivity index (χ4n) is 2.70. The Hall–Kier alpha value is -2.14. The highest BCUT2D eigenvalue weighted by Crippen LogP contribution is 2.18. The molecule has 1 aromatic heterocycles. The van der Waals surface area contributed by atoms with E-state index < -0.39 is 0 Å². The van der Waals surface area contributed by atoms with Gasteiger partial charge in [-0.25, -0.2) is 4.79 Å². The molecule has 2 heterocycles. The van der Waals surface area contributed by atoms with Crippen LogP contribution >= 0.6 is 0 Å². The first kappa shape index (κ1) is 14.8. The Bertz CT molecular complexity index is 653. The molecule has 0 spiro atoms. The summed E-state index contributed by atoms with van der Waals surface area (Å²) in [6, 6.07) is 9.52. The molecule has 2 amide bonds. The normalized spacial score (nSPS) is 18.1. The van der Waals surface area contributed by atoms with Gasteiger partial charge in [0.15, 0.2) is 0 Å². The molecule has 1 atom stereocenters. The smallest absolute Gasteiger partial charge is 0.321 e. The van der Waals surface area contributed by atoms with Crippen LogP contribution < -0.4 is 5.32 Å². The van der Waals surface area contributed by atoms with Gasteiger partial charge in [0.2, 0.25) is 0 Å². The topological polar surface area (TPSA) is 54.5 Å². The summed E-state index contributed by atoms with van der Waals surface area (Å²) in [4.78, 5) is 18.2. The number of ether oxygens (including phenoxy) is 1. The van der Waals surface area contributed by atoms with Crippen LogP contribution in [-0.2, 0) is 4.74 Å². The lowest BCUT2D eigenvalue weighted by atomic mass is 10.1. The van der Waals surface area contributed by atoms with Crippen molar-refractivity contribution in [3.63, 3.8) is 0 Å². The summed E-state index contributed by atoms with van der Waals surface area (Å²) in [5.41, 5.74) is 1.63. The van der Waals surface area contributed by atoms with E-state index >= 15 is 0 Å². The predicted molar refractivity (Wildman–Crippen MR) is 87.0 cm³/mol. The number of anilines is 1. The quantitative estimate of drug-likeness (QED) is 0.946. The van der Waals surface area contributed by atoms with Crippen LogP contribution in [0.3, 0.4) is 0 Å². The molecule has 1 aromatic carbocycles. The van der Waals surface area contributed by atoms with Crippen molar-refractivity contribution in [1.82, 2.24) is 9.88 Å². The third-order valence-corrected chi connectivity index (χ3v) is 3.96. The molecule has 0 bridgehead atoms. The fourth-order valence-corrected chi connectivity index (χ4v) is 2.70. The number of urea groups is 1. The van der Waals surface area contributed by atoms with Gasteiger partial charge in [-0.15, -0.1) is 0 Å². The van der Waals surface area contributed by atoms with E-state index in [1.165, 1.54) is 6.42 Å². The van der Waals surface area contributed by atoms with Gasteiger partial charge in [0.25, 0.3) is 0 Å². The van der Waals surface area contributed by atoms with Crippen LogP contribution in [0.1, 0.15) is 19.3 Å². The maximum atomic E-state index is 12.3. The van der Waals surface area contributed by atoms with E-state index in [0.717, 1.165) is 36.0 Å². The number of hydrogen-bond acceptors (Lipinski definition) is 3. The third-order valence-electron chi connectivity index (χ3n) is 3.96.